The molecule has 1 aromatic heterocycles. The number of anilines is 2. The molecule has 2 fully saturated rings. The Morgan fingerprint density at radius 2 is 1.91 bits per heavy atom. The van der Waals surface area contributed by atoms with Crippen molar-refractivity contribution < 1.29 is 22.4 Å². The van der Waals surface area contributed by atoms with Gasteiger partial charge in [0.1, 0.15) is 11.1 Å². The Labute approximate surface area is 198 Å². The number of amides is 1. The zero-order valence-electron chi connectivity index (χ0n) is 17.7. The summed E-state index contributed by atoms with van der Waals surface area (Å²) in [5.41, 5.74) is -3.17. The van der Waals surface area contributed by atoms with Crippen LogP contribution in [0.4, 0.5) is 28.9 Å². The number of rotatable bonds is 5. The fourth-order valence-corrected chi connectivity index (χ4v) is 4.81. The maximum absolute atomic E-state index is 15.1. The average Bonchev–Trinajstić information content (AvgIpc) is 3.00. The lowest BCUT2D eigenvalue weighted by Crippen LogP contribution is -2.55. The van der Waals surface area contributed by atoms with Crippen molar-refractivity contribution in [3.05, 3.63) is 53.1 Å². The van der Waals surface area contributed by atoms with E-state index in [2.05, 4.69) is 11.1 Å². The molecule has 1 saturated heterocycles. The normalized spacial score (nSPS) is 17.0. The van der Waals surface area contributed by atoms with E-state index in [0.29, 0.717) is 44.2 Å². The van der Waals surface area contributed by atoms with Gasteiger partial charge in [-0.15, -0.1) is 0 Å². The molecule has 0 unspecified atom stereocenters. The third-order valence-corrected chi connectivity index (χ3v) is 6.51. The molecule has 0 bridgehead atoms. The van der Waals surface area contributed by atoms with Crippen molar-refractivity contribution in [2.45, 2.75) is 50.2 Å². The summed E-state index contributed by atoms with van der Waals surface area (Å²) in [7, 11) is 0. The number of unbranched alkanes of at least 4 members (excludes halogenated alkanes) is 1. The van der Waals surface area contributed by atoms with Gasteiger partial charge in [0, 0.05) is 12.1 Å². The first-order valence-corrected chi connectivity index (χ1v) is 10.9. The van der Waals surface area contributed by atoms with Gasteiger partial charge in [-0.2, -0.15) is 23.7 Å². The van der Waals surface area contributed by atoms with E-state index in [4.69, 9.17) is 22.7 Å². The van der Waals surface area contributed by atoms with Crippen LogP contribution < -0.4 is 9.80 Å². The molecule has 11 heteroatoms. The molecule has 1 aromatic carbocycles. The van der Waals surface area contributed by atoms with Gasteiger partial charge < -0.3 is 4.90 Å². The van der Waals surface area contributed by atoms with Crippen LogP contribution >= 0.6 is 12.2 Å². The molecule has 0 N–H and O–H groups in total. The number of thiocarbonyl (C=S) groups is 1. The van der Waals surface area contributed by atoms with Gasteiger partial charge in [-0.1, -0.05) is 0 Å². The van der Waals surface area contributed by atoms with E-state index in [9.17, 15) is 18.0 Å². The zero-order chi connectivity index (χ0) is 24.7. The number of pyridine rings is 1. The van der Waals surface area contributed by atoms with E-state index in [1.165, 1.54) is 17.2 Å². The van der Waals surface area contributed by atoms with E-state index in [-0.39, 0.29) is 5.11 Å². The largest absolute Gasteiger partial charge is 0.420 e. The van der Waals surface area contributed by atoms with Crippen molar-refractivity contribution in [2.24, 2.45) is 0 Å². The number of hydrogen-bond acceptors (Lipinski definition) is 5. The lowest BCUT2D eigenvalue weighted by atomic mass is 9.75. The second-order valence-corrected chi connectivity index (χ2v) is 8.46. The summed E-state index contributed by atoms with van der Waals surface area (Å²) in [5, 5.41) is 17.5. The predicted octanol–water partition coefficient (Wildman–Crippen LogP) is 5.02. The molecule has 1 saturated carbocycles. The molecular weight excluding hydrogens is 470 g/mol. The second-order valence-electron chi connectivity index (χ2n) is 8.09. The maximum atomic E-state index is 15.1. The van der Waals surface area contributed by atoms with Crippen LogP contribution in [0.25, 0.3) is 0 Å². The van der Waals surface area contributed by atoms with Crippen molar-refractivity contribution in [1.29, 1.82) is 10.5 Å². The number of nitrogens with zero attached hydrogens (tertiary/aromatic N) is 5. The summed E-state index contributed by atoms with van der Waals surface area (Å²) in [6.45, 7) is 0. The van der Waals surface area contributed by atoms with Crippen LogP contribution in [0.5, 0.6) is 0 Å². The van der Waals surface area contributed by atoms with E-state index >= 15 is 4.39 Å². The molecule has 174 valence electrons. The summed E-state index contributed by atoms with van der Waals surface area (Å²) in [6.07, 6.45) is -0.501. The molecule has 2 heterocycles. The van der Waals surface area contributed by atoms with Crippen molar-refractivity contribution in [3.8, 4) is 12.1 Å². The monoisotopic (exact) mass is 487 g/mol. The van der Waals surface area contributed by atoms with Gasteiger partial charge in [0.25, 0.3) is 5.91 Å². The number of hydrogen-bond donors (Lipinski definition) is 0. The number of carbonyl (C=O) groups is 1. The van der Waals surface area contributed by atoms with Crippen LogP contribution in [0.2, 0.25) is 0 Å². The lowest BCUT2D eigenvalue weighted by molar-refractivity contribution is -0.140. The minimum Gasteiger partial charge on any atom is -0.301 e. The summed E-state index contributed by atoms with van der Waals surface area (Å²) in [5.74, 6) is -2.33. The van der Waals surface area contributed by atoms with Crippen LogP contribution in [0.15, 0.2) is 30.5 Å². The first-order chi connectivity index (χ1) is 16.2. The fraction of sp³-hybridized carbons (Fsp3) is 0.348. The predicted molar refractivity (Wildman–Crippen MR) is 118 cm³/mol. The number of alkyl halides is 3. The van der Waals surface area contributed by atoms with Crippen molar-refractivity contribution >= 4 is 34.6 Å². The molecule has 4 rings (SSSR count). The Morgan fingerprint density at radius 3 is 2.44 bits per heavy atom. The Kier molecular flexibility index (Phi) is 6.00. The number of halogens is 4. The molecule has 0 atom stereocenters. The minimum atomic E-state index is -5.13. The highest BCUT2D eigenvalue weighted by Gasteiger charge is 2.60. The van der Waals surface area contributed by atoms with Crippen LogP contribution in [0, 0.1) is 28.5 Å². The molecule has 0 radical (unpaired) electrons. The minimum absolute atomic E-state index is 0.152. The Morgan fingerprint density at radius 1 is 1.18 bits per heavy atom. The van der Waals surface area contributed by atoms with Gasteiger partial charge in [-0.25, -0.2) is 4.39 Å². The summed E-state index contributed by atoms with van der Waals surface area (Å²) < 4.78 is 55.7. The molecule has 2 aromatic rings. The highest BCUT2D eigenvalue weighted by molar-refractivity contribution is 7.81. The van der Waals surface area contributed by atoms with E-state index in [0.717, 1.165) is 22.7 Å². The fourth-order valence-electron chi connectivity index (χ4n) is 4.35. The van der Waals surface area contributed by atoms with E-state index in [1.807, 2.05) is 0 Å². The third-order valence-electron chi connectivity index (χ3n) is 6.15. The van der Waals surface area contributed by atoms with Crippen molar-refractivity contribution in [3.63, 3.8) is 0 Å². The maximum Gasteiger partial charge on any atom is 0.420 e. The van der Waals surface area contributed by atoms with Crippen LogP contribution in [0.1, 0.15) is 48.9 Å². The number of aryl methyl sites for hydroxylation is 1. The first-order valence-electron chi connectivity index (χ1n) is 10.5. The van der Waals surface area contributed by atoms with Gasteiger partial charge >= 0.3 is 6.18 Å². The Bertz CT molecular complexity index is 1240. The summed E-state index contributed by atoms with van der Waals surface area (Å²) in [6, 6.07) is 8.66. The van der Waals surface area contributed by atoms with Crippen LogP contribution in [-0.4, -0.2) is 21.5 Å². The van der Waals surface area contributed by atoms with E-state index < -0.39 is 40.3 Å². The third kappa shape index (κ3) is 3.66. The average molecular weight is 487 g/mol. The highest BCUT2D eigenvalue weighted by atomic mass is 32.1. The molecule has 34 heavy (non-hydrogen) atoms. The van der Waals surface area contributed by atoms with Gasteiger partial charge in [-0.05, 0) is 68.6 Å². The molecule has 1 aliphatic carbocycles. The van der Waals surface area contributed by atoms with Gasteiger partial charge in [0.2, 0.25) is 0 Å². The molecule has 1 amide bonds. The number of carbonyl (C=O) groups excluding carboxylic acids is 1. The molecule has 2 aliphatic rings. The Hall–Kier alpha value is -3.57. The molecule has 1 aliphatic heterocycles. The standard InChI is InChI=1S/C23H17F4N5OS/c24-19-17(8-5-14(12-29)18(19)23(25,26)27)31-20(33)22(9-3-10-22)32(21(31)34)16-7-6-15(30-13-16)4-1-2-11-28/h5-8,13H,1-4,9-10H2. The zero-order valence-corrected chi connectivity index (χ0v) is 18.5. The van der Waals surface area contributed by atoms with Gasteiger partial charge in [-0.3, -0.25) is 14.7 Å². The summed E-state index contributed by atoms with van der Waals surface area (Å²) >= 11 is 5.48. The lowest BCUT2D eigenvalue weighted by Gasteiger charge is -2.42. The smallest absolute Gasteiger partial charge is 0.301 e. The molecule has 6 nitrogen and oxygen atoms in total. The first kappa shape index (κ1) is 23.6. The quantitative estimate of drug-likeness (QED) is 0.335. The van der Waals surface area contributed by atoms with Gasteiger partial charge in [0.15, 0.2) is 10.9 Å². The number of benzene rings is 1. The number of aromatic nitrogens is 1. The summed E-state index contributed by atoms with van der Waals surface area (Å²) in [4.78, 5) is 20.1. The molecular formula is C23H17F4N5OS. The number of nitriles is 2. The van der Waals surface area contributed by atoms with E-state index in [1.54, 1.807) is 12.1 Å². The van der Waals surface area contributed by atoms with Crippen LogP contribution in [-0.2, 0) is 17.4 Å². The topological polar surface area (TPSA) is 84.0 Å². The second kappa shape index (κ2) is 8.65. The van der Waals surface area contributed by atoms with Crippen molar-refractivity contribution in [1.82, 2.24) is 4.98 Å². The molecule has 1 spiro atoms. The van der Waals surface area contributed by atoms with Gasteiger partial charge in [0.05, 0.1) is 35.3 Å². The Balaban J connectivity index is 1.75. The SMILES string of the molecule is N#CCCCc1ccc(N2C(=S)N(c3ccc(C#N)c(C(F)(F)F)c3F)C(=O)C23CCC3)cn1. The highest BCUT2D eigenvalue weighted by Crippen LogP contribution is 2.49. The van der Waals surface area contributed by atoms with Crippen molar-refractivity contribution in [2.75, 3.05) is 9.80 Å². The van der Waals surface area contributed by atoms with Crippen LogP contribution in [0.3, 0.4) is 0 Å².